The maximum absolute atomic E-state index is 5.65. The van der Waals surface area contributed by atoms with Crippen molar-refractivity contribution in [3.8, 4) is 5.75 Å². The Kier molecular flexibility index (Phi) is 5.26. The first-order chi connectivity index (χ1) is 11.4. The van der Waals surface area contributed by atoms with Crippen molar-refractivity contribution in [3.05, 3.63) is 42.2 Å². The summed E-state index contributed by atoms with van der Waals surface area (Å²) in [6, 6.07) is 10.0. The molecule has 0 spiro atoms. The van der Waals surface area contributed by atoms with Crippen LogP contribution in [0.3, 0.4) is 0 Å². The molecule has 1 N–H and O–H groups in total. The van der Waals surface area contributed by atoms with E-state index in [9.17, 15) is 0 Å². The molecule has 122 valence electrons. The maximum Gasteiger partial charge on any atom is 0.134 e. The highest BCUT2D eigenvalue weighted by molar-refractivity contribution is 5.49. The van der Waals surface area contributed by atoms with Gasteiger partial charge in [-0.05, 0) is 13.0 Å². The van der Waals surface area contributed by atoms with E-state index in [4.69, 9.17) is 9.47 Å². The Labute approximate surface area is 136 Å². The zero-order valence-corrected chi connectivity index (χ0v) is 13.4. The molecule has 3 rings (SSSR count). The predicted octanol–water partition coefficient (Wildman–Crippen LogP) is 2.32. The second-order valence-electron chi connectivity index (χ2n) is 5.26. The lowest BCUT2D eigenvalue weighted by atomic mass is 10.2. The maximum atomic E-state index is 5.65. The van der Waals surface area contributed by atoms with E-state index in [1.54, 1.807) is 6.33 Å². The van der Waals surface area contributed by atoms with Crippen molar-refractivity contribution in [2.45, 2.75) is 13.5 Å². The normalized spacial score (nSPS) is 14.6. The molecular weight excluding hydrogens is 292 g/mol. The molecule has 1 aliphatic heterocycles. The van der Waals surface area contributed by atoms with Crippen LogP contribution in [0, 0.1) is 0 Å². The van der Waals surface area contributed by atoms with Gasteiger partial charge >= 0.3 is 0 Å². The summed E-state index contributed by atoms with van der Waals surface area (Å²) >= 11 is 0. The van der Waals surface area contributed by atoms with Crippen molar-refractivity contribution in [1.82, 2.24) is 9.97 Å². The Morgan fingerprint density at radius 3 is 2.87 bits per heavy atom. The van der Waals surface area contributed by atoms with E-state index < -0.39 is 0 Å². The van der Waals surface area contributed by atoms with Gasteiger partial charge in [0.25, 0.3) is 0 Å². The van der Waals surface area contributed by atoms with Gasteiger partial charge in [-0.15, -0.1) is 0 Å². The smallest absolute Gasteiger partial charge is 0.134 e. The minimum absolute atomic E-state index is 0.658. The van der Waals surface area contributed by atoms with Crippen molar-refractivity contribution >= 4 is 11.6 Å². The van der Waals surface area contributed by atoms with Crippen LogP contribution in [0.1, 0.15) is 12.5 Å². The Bertz CT molecular complexity index is 629. The summed E-state index contributed by atoms with van der Waals surface area (Å²) in [5.74, 6) is 2.65. The molecule has 0 atom stereocenters. The monoisotopic (exact) mass is 314 g/mol. The average molecular weight is 314 g/mol. The van der Waals surface area contributed by atoms with Crippen LogP contribution in [0.15, 0.2) is 36.7 Å². The number of para-hydroxylation sites is 1. The number of anilines is 2. The van der Waals surface area contributed by atoms with Crippen LogP contribution in [-0.4, -0.2) is 42.9 Å². The molecule has 0 saturated carbocycles. The summed E-state index contributed by atoms with van der Waals surface area (Å²) in [7, 11) is 0. The van der Waals surface area contributed by atoms with E-state index in [0.29, 0.717) is 13.2 Å². The van der Waals surface area contributed by atoms with Gasteiger partial charge in [0.1, 0.15) is 23.7 Å². The minimum Gasteiger partial charge on any atom is -0.494 e. The first-order valence-electron chi connectivity index (χ1n) is 7.96. The van der Waals surface area contributed by atoms with Gasteiger partial charge in [0, 0.05) is 31.3 Å². The lowest BCUT2D eigenvalue weighted by Crippen LogP contribution is -2.36. The summed E-state index contributed by atoms with van der Waals surface area (Å²) < 4.78 is 11.0. The lowest BCUT2D eigenvalue weighted by molar-refractivity contribution is 0.122. The van der Waals surface area contributed by atoms with Crippen LogP contribution in [0.4, 0.5) is 11.6 Å². The Morgan fingerprint density at radius 1 is 1.22 bits per heavy atom. The van der Waals surface area contributed by atoms with Gasteiger partial charge in [-0.2, -0.15) is 0 Å². The number of ether oxygens (including phenoxy) is 2. The Morgan fingerprint density at radius 2 is 2.04 bits per heavy atom. The summed E-state index contributed by atoms with van der Waals surface area (Å²) in [6.45, 7) is 6.53. The molecule has 6 nitrogen and oxygen atoms in total. The summed E-state index contributed by atoms with van der Waals surface area (Å²) in [4.78, 5) is 10.9. The number of nitrogens with one attached hydrogen (secondary N) is 1. The van der Waals surface area contributed by atoms with Crippen LogP contribution >= 0.6 is 0 Å². The number of benzene rings is 1. The molecule has 6 heteroatoms. The SMILES string of the molecule is CCOc1ccccc1CNc1cc(N2CCOCC2)ncn1. The first kappa shape index (κ1) is 15.6. The fourth-order valence-electron chi connectivity index (χ4n) is 2.54. The number of morpholine rings is 1. The van der Waals surface area contributed by atoms with Crippen molar-refractivity contribution in [2.75, 3.05) is 43.1 Å². The van der Waals surface area contributed by atoms with Crippen LogP contribution in [0.25, 0.3) is 0 Å². The number of hydrogen-bond acceptors (Lipinski definition) is 6. The highest BCUT2D eigenvalue weighted by atomic mass is 16.5. The topological polar surface area (TPSA) is 59.5 Å². The molecule has 1 fully saturated rings. The predicted molar refractivity (Wildman–Crippen MR) is 90.0 cm³/mol. The fourth-order valence-corrected chi connectivity index (χ4v) is 2.54. The highest BCUT2D eigenvalue weighted by Crippen LogP contribution is 2.20. The number of rotatable bonds is 6. The highest BCUT2D eigenvalue weighted by Gasteiger charge is 2.13. The van der Waals surface area contributed by atoms with Crippen LogP contribution in [0.2, 0.25) is 0 Å². The molecule has 1 aliphatic rings. The molecule has 0 aliphatic carbocycles. The number of hydrogen-bond donors (Lipinski definition) is 1. The van der Waals surface area contributed by atoms with Crippen LogP contribution in [-0.2, 0) is 11.3 Å². The van der Waals surface area contributed by atoms with Crippen LogP contribution < -0.4 is 15.0 Å². The van der Waals surface area contributed by atoms with E-state index >= 15 is 0 Å². The third-order valence-electron chi connectivity index (χ3n) is 3.72. The Hall–Kier alpha value is -2.34. The molecule has 0 bridgehead atoms. The molecule has 0 amide bonds. The molecule has 1 aromatic carbocycles. The van der Waals surface area contributed by atoms with Gasteiger partial charge in [0.05, 0.1) is 19.8 Å². The standard InChI is InChI=1S/C17H22N4O2/c1-2-23-15-6-4-3-5-14(15)12-18-16-11-17(20-13-19-16)21-7-9-22-10-8-21/h3-6,11,13H,2,7-10,12H2,1H3,(H,18,19,20). The molecule has 2 aromatic rings. The van der Waals surface area contributed by atoms with E-state index in [2.05, 4.69) is 26.3 Å². The van der Waals surface area contributed by atoms with Gasteiger partial charge in [-0.3, -0.25) is 0 Å². The summed E-state index contributed by atoms with van der Waals surface area (Å²) in [5.41, 5.74) is 1.11. The molecule has 2 heterocycles. The van der Waals surface area contributed by atoms with Crippen molar-refractivity contribution in [2.24, 2.45) is 0 Å². The molecule has 0 radical (unpaired) electrons. The zero-order chi connectivity index (χ0) is 15.9. The van der Waals surface area contributed by atoms with Gasteiger partial charge < -0.3 is 19.7 Å². The van der Waals surface area contributed by atoms with Crippen molar-refractivity contribution in [3.63, 3.8) is 0 Å². The fraction of sp³-hybridized carbons (Fsp3) is 0.412. The quantitative estimate of drug-likeness (QED) is 0.883. The van der Waals surface area contributed by atoms with Crippen molar-refractivity contribution < 1.29 is 9.47 Å². The lowest BCUT2D eigenvalue weighted by Gasteiger charge is -2.27. The minimum atomic E-state index is 0.658. The zero-order valence-electron chi connectivity index (χ0n) is 13.4. The van der Waals surface area contributed by atoms with Crippen LogP contribution in [0.5, 0.6) is 5.75 Å². The van der Waals surface area contributed by atoms with Gasteiger partial charge in [-0.1, -0.05) is 18.2 Å². The third-order valence-corrected chi connectivity index (χ3v) is 3.72. The molecule has 1 saturated heterocycles. The summed E-state index contributed by atoms with van der Waals surface area (Å²) in [6.07, 6.45) is 1.60. The Balaban J connectivity index is 1.66. The van der Waals surface area contributed by atoms with E-state index in [1.165, 1.54) is 0 Å². The molecule has 0 unspecified atom stereocenters. The van der Waals surface area contributed by atoms with E-state index in [0.717, 1.165) is 49.3 Å². The number of aromatic nitrogens is 2. The second kappa shape index (κ2) is 7.78. The van der Waals surface area contributed by atoms with E-state index in [1.807, 2.05) is 31.2 Å². The van der Waals surface area contributed by atoms with Gasteiger partial charge in [0.2, 0.25) is 0 Å². The largest absolute Gasteiger partial charge is 0.494 e. The first-order valence-corrected chi connectivity index (χ1v) is 7.96. The van der Waals surface area contributed by atoms with Gasteiger partial charge in [-0.25, -0.2) is 9.97 Å². The molecule has 23 heavy (non-hydrogen) atoms. The third kappa shape index (κ3) is 4.10. The summed E-state index contributed by atoms with van der Waals surface area (Å²) in [5, 5.41) is 3.35. The van der Waals surface area contributed by atoms with E-state index in [-0.39, 0.29) is 0 Å². The molecular formula is C17H22N4O2. The van der Waals surface area contributed by atoms with Crippen molar-refractivity contribution in [1.29, 1.82) is 0 Å². The molecule has 1 aromatic heterocycles. The van der Waals surface area contributed by atoms with Gasteiger partial charge in [0.15, 0.2) is 0 Å². The average Bonchev–Trinajstić information content (AvgIpc) is 2.62. The number of nitrogens with zero attached hydrogens (tertiary/aromatic N) is 3. The second-order valence-corrected chi connectivity index (χ2v) is 5.26.